The van der Waals surface area contributed by atoms with Gasteiger partial charge in [0.25, 0.3) is 0 Å². The van der Waals surface area contributed by atoms with Gasteiger partial charge >= 0.3 is 0 Å². The van der Waals surface area contributed by atoms with Crippen molar-refractivity contribution in [2.45, 2.75) is 16.6 Å². The summed E-state index contributed by atoms with van der Waals surface area (Å²) in [4.78, 5) is 13.2. The number of thioether (sulfide) groups is 1. The summed E-state index contributed by atoms with van der Waals surface area (Å²) in [5, 5.41) is 2.38. The van der Waals surface area contributed by atoms with Crippen LogP contribution < -0.4 is 5.32 Å². The Labute approximate surface area is 119 Å². The lowest BCUT2D eigenvalue weighted by atomic mass is 10.1. The smallest absolute Gasteiger partial charge is 0.238 e. The van der Waals surface area contributed by atoms with Crippen LogP contribution in [-0.4, -0.2) is 11.2 Å². The van der Waals surface area contributed by atoms with Gasteiger partial charge in [-0.05, 0) is 30.2 Å². The van der Waals surface area contributed by atoms with Gasteiger partial charge in [-0.3, -0.25) is 4.79 Å². The second kappa shape index (κ2) is 5.25. The molecular formula is C15H11F2NOS. The average Bonchev–Trinajstić information content (AvgIpc) is 2.87. The second-order valence-corrected chi connectivity index (χ2v) is 5.78. The molecule has 0 saturated carbocycles. The monoisotopic (exact) mass is 291 g/mol. The van der Waals surface area contributed by atoms with Gasteiger partial charge in [-0.25, -0.2) is 8.78 Å². The predicted octanol–water partition coefficient (Wildman–Crippen LogP) is 3.62. The summed E-state index contributed by atoms with van der Waals surface area (Å²) in [6, 6.07) is 11.2. The second-order valence-electron chi connectivity index (χ2n) is 4.54. The molecule has 2 nitrogen and oxygen atoms in total. The molecule has 1 N–H and O–H groups in total. The molecule has 102 valence electrons. The molecule has 0 aliphatic carbocycles. The van der Waals surface area contributed by atoms with Gasteiger partial charge in [-0.1, -0.05) is 18.2 Å². The fourth-order valence-electron chi connectivity index (χ4n) is 2.12. The predicted molar refractivity (Wildman–Crippen MR) is 74.8 cm³/mol. The van der Waals surface area contributed by atoms with Gasteiger partial charge in [0, 0.05) is 16.6 Å². The fourth-order valence-corrected chi connectivity index (χ4v) is 3.32. The first-order valence-corrected chi connectivity index (χ1v) is 7.02. The first-order valence-electron chi connectivity index (χ1n) is 6.14. The van der Waals surface area contributed by atoms with E-state index in [4.69, 9.17) is 0 Å². The minimum atomic E-state index is -0.967. The molecule has 20 heavy (non-hydrogen) atoms. The van der Waals surface area contributed by atoms with Crippen LogP contribution in [0.1, 0.15) is 5.56 Å². The third-order valence-corrected chi connectivity index (χ3v) is 4.44. The van der Waals surface area contributed by atoms with Gasteiger partial charge in [0.1, 0.15) is 0 Å². The first-order chi connectivity index (χ1) is 9.63. The van der Waals surface area contributed by atoms with Crippen LogP contribution in [0.5, 0.6) is 0 Å². The Morgan fingerprint density at radius 3 is 2.70 bits per heavy atom. The molecule has 2 aromatic carbocycles. The third-order valence-electron chi connectivity index (χ3n) is 3.13. The maximum absolute atomic E-state index is 13.1. The molecule has 1 aliphatic rings. The number of carbonyl (C=O) groups is 1. The molecule has 0 saturated heterocycles. The standard InChI is InChI=1S/C15H11F2NOS/c16-11-6-5-10(8-12(11)17)18-15(19)14-7-9-3-1-2-4-13(9)20-14/h1-6,8,14H,7H2,(H,18,19). The van der Waals surface area contributed by atoms with Crippen LogP contribution in [0, 0.1) is 11.6 Å². The van der Waals surface area contributed by atoms with Crippen LogP contribution in [-0.2, 0) is 11.2 Å². The van der Waals surface area contributed by atoms with Crippen LogP contribution in [0.25, 0.3) is 0 Å². The topological polar surface area (TPSA) is 29.1 Å². The highest BCUT2D eigenvalue weighted by atomic mass is 32.2. The lowest BCUT2D eigenvalue weighted by Crippen LogP contribution is -2.24. The zero-order valence-electron chi connectivity index (χ0n) is 10.4. The Balaban J connectivity index is 1.71. The maximum atomic E-state index is 13.1. The van der Waals surface area contributed by atoms with Crippen LogP contribution in [0.2, 0.25) is 0 Å². The quantitative estimate of drug-likeness (QED) is 0.915. The SMILES string of the molecule is O=C(Nc1ccc(F)c(F)c1)C1Cc2ccccc2S1. The summed E-state index contributed by atoms with van der Waals surface area (Å²) in [7, 11) is 0. The molecule has 3 rings (SSSR count). The molecule has 0 fully saturated rings. The number of rotatable bonds is 2. The average molecular weight is 291 g/mol. The molecule has 0 bridgehead atoms. The number of amides is 1. The van der Waals surface area contributed by atoms with Crippen molar-refractivity contribution >= 4 is 23.4 Å². The molecule has 5 heteroatoms. The number of hydrogen-bond donors (Lipinski definition) is 1. The lowest BCUT2D eigenvalue weighted by molar-refractivity contribution is -0.115. The van der Waals surface area contributed by atoms with E-state index in [0.717, 1.165) is 22.6 Å². The largest absolute Gasteiger partial charge is 0.325 e. The lowest BCUT2D eigenvalue weighted by Gasteiger charge is -2.10. The Kier molecular flexibility index (Phi) is 3.44. The van der Waals surface area contributed by atoms with E-state index in [9.17, 15) is 13.6 Å². The van der Waals surface area contributed by atoms with E-state index in [0.29, 0.717) is 6.42 Å². The van der Waals surface area contributed by atoms with Crippen molar-refractivity contribution < 1.29 is 13.6 Å². The molecule has 1 atom stereocenters. The highest BCUT2D eigenvalue weighted by Gasteiger charge is 2.28. The number of benzene rings is 2. The van der Waals surface area contributed by atoms with E-state index >= 15 is 0 Å². The van der Waals surface area contributed by atoms with E-state index in [1.54, 1.807) is 0 Å². The molecule has 0 radical (unpaired) electrons. The van der Waals surface area contributed by atoms with Gasteiger partial charge in [0.05, 0.1) is 5.25 Å². The van der Waals surface area contributed by atoms with Crippen molar-refractivity contribution in [1.29, 1.82) is 0 Å². The number of hydrogen-bond acceptors (Lipinski definition) is 2. The van der Waals surface area contributed by atoms with Gasteiger partial charge in [-0.2, -0.15) is 0 Å². The molecular weight excluding hydrogens is 280 g/mol. The highest BCUT2D eigenvalue weighted by molar-refractivity contribution is 8.01. The molecule has 2 aromatic rings. The summed E-state index contributed by atoms with van der Waals surface area (Å²) < 4.78 is 25.9. The molecule has 0 spiro atoms. The normalized spacial score (nSPS) is 16.8. The van der Waals surface area contributed by atoms with Crippen LogP contribution in [0.4, 0.5) is 14.5 Å². The van der Waals surface area contributed by atoms with Crippen molar-refractivity contribution in [3.05, 3.63) is 59.7 Å². The summed E-state index contributed by atoms with van der Waals surface area (Å²) in [6.45, 7) is 0. The Morgan fingerprint density at radius 1 is 1.15 bits per heavy atom. The van der Waals surface area contributed by atoms with Crippen molar-refractivity contribution in [2.75, 3.05) is 5.32 Å². The van der Waals surface area contributed by atoms with Crippen LogP contribution in [0.3, 0.4) is 0 Å². The Hall–Kier alpha value is -1.88. The van der Waals surface area contributed by atoms with Gasteiger partial charge in [0.15, 0.2) is 11.6 Å². The zero-order chi connectivity index (χ0) is 14.1. The minimum Gasteiger partial charge on any atom is -0.325 e. The van der Waals surface area contributed by atoms with Crippen molar-refractivity contribution in [3.8, 4) is 0 Å². The third kappa shape index (κ3) is 2.54. The van der Waals surface area contributed by atoms with Gasteiger partial charge in [0.2, 0.25) is 5.91 Å². The van der Waals surface area contributed by atoms with Crippen molar-refractivity contribution in [1.82, 2.24) is 0 Å². The fraction of sp³-hybridized carbons (Fsp3) is 0.133. The van der Waals surface area contributed by atoms with Gasteiger partial charge < -0.3 is 5.32 Å². The van der Waals surface area contributed by atoms with E-state index < -0.39 is 11.6 Å². The summed E-state index contributed by atoms with van der Waals surface area (Å²) in [5.74, 6) is -2.09. The van der Waals surface area contributed by atoms with E-state index in [-0.39, 0.29) is 16.8 Å². The summed E-state index contributed by atoms with van der Waals surface area (Å²) in [5.41, 5.74) is 1.41. The molecule has 1 amide bonds. The number of carbonyl (C=O) groups excluding carboxylic acids is 1. The molecule has 1 heterocycles. The van der Waals surface area contributed by atoms with Gasteiger partial charge in [-0.15, -0.1) is 11.8 Å². The van der Waals surface area contributed by atoms with Crippen molar-refractivity contribution in [2.24, 2.45) is 0 Å². The van der Waals surface area contributed by atoms with Crippen LogP contribution >= 0.6 is 11.8 Å². The first kappa shape index (κ1) is 13.1. The number of nitrogens with one attached hydrogen (secondary N) is 1. The summed E-state index contributed by atoms with van der Waals surface area (Å²) >= 11 is 1.49. The zero-order valence-corrected chi connectivity index (χ0v) is 11.2. The number of fused-ring (bicyclic) bond motifs is 1. The van der Waals surface area contributed by atoms with E-state index in [2.05, 4.69) is 5.32 Å². The maximum Gasteiger partial charge on any atom is 0.238 e. The van der Waals surface area contributed by atoms with Crippen molar-refractivity contribution in [3.63, 3.8) is 0 Å². The molecule has 1 unspecified atom stereocenters. The highest BCUT2D eigenvalue weighted by Crippen LogP contribution is 2.37. The Bertz CT molecular complexity index is 650. The van der Waals surface area contributed by atoms with E-state index in [1.807, 2.05) is 24.3 Å². The number of anilines is 1. The minimum absolute atomic E-state index is 0.197. The number of halogens is 2. The molecule has 0 aromatic heterocycles. The summed E-state index contributed by atoms with van der Waals surface area (Å²) in [6.07, 6.45) is 0.649. The van der Waals surface area contributed by atoms with Crippen LogP contribution in [0.15, 0.2) is 47.4 Å². The molecule has 1 aliphatic heterocycles. The Morgan fingerprint density at radius 2 is 1.95 bits per heavy atom. The van der Waals surface area contributed by atoms with E-state index in [1.165, 1.54) is 17.8 Å².